The Morgan fingerprint density at radius 3 is 1.23 bits per heavy atom. The fraction of sp³-hybridized carbons (Fsp3) is 0.0816. The minimum Gasteiger partial charge on any atom is -0.680 e. The average Bonchev–Trinajstić information content (AvgIpc) is 3.17. The second kappa shape index (κ2) is 22.4. The molecule has 2 nitrogen and oxygen atoms in total. The Bertz CT molecular complexity index is 1850. The molecule has 0 aliphatic carbocycles. The topological polar surface area (TPSA) is 18.0 Å². The molecular weight excluding hydrogens is 795 g/mol. The molecule has 7 rings (SSSR count). The maximum Gasteiger partial charge on any atom is 4.00 e. The minimum atomic E-state index is -0.141. The van der Waals surface area contributed by atoms with E-state index in [0.717, 1.165) is 44.9 Å². The molecule has 258 valence electrons. The summed E-state index contributed by atoms with van der Waals surface area (Å²) < 4.78 is 2.01. The van der Waals surface area contributed by atoms with Crippen LogP contribution in [-0.2, 0) is 25.8 Å². The van der Waals surface area contributed by atoms with Crippen LogP contribution in [0.15, 0.2) is 194 Å². The summed E-state index contributed by atoms with van der Waals surface area (Å²) in [7, 11) is 4.38. The van der Waals surface area contributed by atoms with E-state index < -0.39 is 0 Å². The van der Waals surface area contributed by atoms with Crippen LogP contribution in [0.4, 0.5) is 5.69 Å². The van der Waals surface area contributed by atoms with E-state index in [-0.39, 0.29) is 31.9 Å². The van der Waals surface area contributed by atoms with Gasteiger partial charge in [0.15, 0.2) is 0 Å². The van der Waals surface area contributed by atoms with Crippen molar-refractivity contribution >= 4 is 5.69 Å². The summed E-state index contributed by atoms with van der Waals surface area (Å²) in [5.41, 5.74) is 9.92. The SMILES string of the molecule is [CH2-][n+]1c(-c2ccccc2)cccc1C([N-]c1ccc(C(C)C)cc1)c1ccccc1.[CH2-]c1ccccc1.[CH2-]c1ccccc1.[CH2-]c1ccccc1.[Hf+4]. The van der Waals surface area contributed by atoms with Gasteiger partial charge in [0.05, 0.1) is 5.69 Å². The Kier molecular flexibility index (Phi) is 17.7. The number of rotatable bonds is 6. The minimum absolute atomic E-state index is 0. The zero-order chi connectivity index (χ0) is 36.3. The number of benzene rings is 6. The van der Waals surface area contributed by atoms with Gasteiger partial charge in [-0.05, 0) is 23.1 Å². The number of nitrogens with zero attached hydrogens (tertiary/aromatic N) is 2. The maximum absolute atomic E-state index is 5.13. The van der Waals surface area contributed by atoms with Gasteiger partial charge in [0.1, 0.15) is 5.69 Å². The normalized spacial score (nSPS) is 10.4. The van der Waals surface area contributed by atoms with Gasteiger partial charge in [-0.1, -0.05) is 141 Å². The first-order valence-electron chi connectivity index (χ1n) is 17.2. The van der Waals surface area contributed by atoms with E-state index in [0.29, 0.717) is 5.92 Å². The van der Waals surface area contributed by atoms with Gasteiger partial charge >= 0.3 is 25.8 Å². The number of aromatic nitrogens is 1. The van der Waals surface area contributed by atoms with E-state index in [4.69, 9.17) is 5.32 Å². The van der Waals surface area contributed by atoms with Crippen LogP contribution in [0.25, 0.3) is 16.6 Å². The molecule has 0 bridgehead atoms. The van der Waals surface area contributed by atoms with Crippen molar-refractivity contribution in [2.75, 3.05) is 0 Å². The average molecular weight is 843 g/mol. The smallest absolute Gasteiger partial charge is 0.680 e. The van der Waals surface area contributed by atoms with Crippen molar-refractivity contribution in [1.82, 2.24) is 0 Å². The predicted octanol–water partition coefficient (Wildman–Crippen LogP) is 12.8. The Labute approximate surface area is 332 Å². The van der Waals surface area contributed by atoms with Gasteiger partial charge in [0.2, 0.25) is 0 Å². The molecule has 1 heterocycles. The fourth-order valence-electron chi connectivity index (χ4n) is 5.13. The van der Waals surface area contributed by atoms with Crippen molar-refractivity contribution in [2.45, 2.75) is 25.8 Å². The van der Waals surface area contributed by atoms with Crippen molar-refractivity contribution in [3.63, 3.8) is 0 Å². The van der Waals surface area contributed by atoms with Gasteiger partial charge in [0.25, 0.3) is 0 Å². The first kappa shape index (κ1) is 41.0. The zero-order valence-electron chi connectivity index (χ0n) is 30.4. The molecule has 0 spiro atoms. The maximum atomic E-state index is 5.13. The van der Waals surface area contributed by atoms with E-state index in [9.17, 15) is 0 Å². The second-order valence-electron chi connectivity index (χ2n) is 12.3. The molecule has 0 amide bonds. The molecule has 0 fully saturated rings. The van der Waals surface area contributed by atoms with Crippen LogP contribution in [0.5, 0.6) is 0 Å². The molecule has 52 heavy (non-hydrogen) atoms. The van der Waals surface area contributed by atoms with Crippen molar-refractivity contribution in [3.8, 4) is 11.3 Å². The van der Waals surface area contributed by atoms with Crippen LogP contribution >= 0.6 is 0 Å². The molecule has 0 saturated heterocycles. The molecule has 0 saturated carbocycles. The summed E-state index contributed by atoms with van der Waals surface area (Å²) in [6.45, 7) is 15.6. The summed E-state index contributed by atoms with van der Waals surface area (Å²) in [6, 6.07) is 65.1. The summed E-state index contributed by atoms with van der Waals surface area (Å²) >= 11 is 0. The molecule has 0 radical (unpaired) electrons. The van der Waals surface area contributed by atoms with Crippen LogP contribution in [-0.4, -0.2) is 0 Å². The van der Waals surface area contributed by atoms with E-state index >= 15 is 0 Å². The molecule has 0 aliphatic rings. The Hall–Kier alpha value is -5.38. The molecule has 7 aromatic rings. The molecule has 6 aromatic carbocycles. The van der Waals surface area contributed by atoms with Crippen LogP contribution in [0, 0.1) is 27.8 Å². The summed E-state index contributed by atoms with van der Waals surface area (Å²) in [5, 5.41) is 5.13. The van der Waals surface area contributed by atoms with Gasteiger partial charge in [-0.15, -0.1) is 42.1 Å². The standard InChI is InChI=1S/C28H27N2.3C7H7.Hf/c1-21(2)22-17-19-25(20-18-22)29-28(24-13-8-5-9-14-24)27-16-10-15-26(30(27)3)23-11-6-4-7-12-23;3*1-7-5-3-2-4-6-7;/h4-21,28H,3H2,1-2H3;3*2-6H,1H2;/q4*-1;+4. The molecule has 0 N–H and O–H groups in total. The molecule has 1 unspecified atom stereocenters. The predicted molar refractivity (Wildman–Crippen MR) is 217 cm³/mol. The largest absolute Gasteiger partial charge is 4.00 e. The number of hydrogen-bond acceptors (Lipinski definition) is 0. The number of hydrogen-bond donors (Lipinski definition) is 0. The van der Waals surface area contributed by atoms with E-state index in [2.05, 4.69) is 133 Å². The fourth-order valence-corrected chi connectivity index (χ4v) is 5.13. The summed E-state index contributed by atoms with van der Waals surface area (Å²) in [4.78, 5) is 0. The monoisotopic (exact) mass is 844 g/mol. The van der Waals surface area contributed by atoms with E-state index in [1.807, 2.05) is 108 Å². The quantitative estimate of drug-likeness (QED) is 0.0902. The van der Waals surface area contributed by atoms with Crippen LogP contribution in [0.2, 0.25) is 0 Å². The van der Waals surface area contributed by atoms with E-state index in [1.165, 1.54) is 5.56 Å². The number of pyridine rings is 1. The van der Waals surface area contributed by atoms with Crippen LogP contribution in [0.1, 0.15) is 59.3 Å². The van der Waals surface area contributed by atoms with Crippen molar-refractivity contribution < 1.29 is 30.4 Å². The Balaban J connectivity index is 0.000000265. The first-order valence-corrected chi connectivity index (χ1v) is 17.2. The molecular formula is C49H48HfN2. The third-order valence-electron chi connectivity index (χ3n) is 7.95. The van der Waals surface area contributed by atoms with Crippen molar-refractivity contribution in [2.24, 2.45) is 0 Å². The van der Waals surface area contributed by atoms with Gasteiger partial charge < -0.3 is 9.88 Å². The first-order chi connectivity index (χ1) is 24.8. The summed E-state index contributed by atoms with van der Waals surface area (Å²) in [5.74, 6) is 0.508. The van der Waals surface area contributed by atoms with Crippen LogP contribution in [0.3, 0.4) is 0 Å². The van der Waals surface area contributed by atoms with Gasteiger partial charge in [-0.2, -0.15) is 73.9 Å². The van der Waals surface area contributed by atoms with E-state index in [1.54, 1.807) is 0 Å². The Morgan fingerprint density at radius 1 is 0.442 bits per heavy atom. The third-order valence-corrected chi connectivity index (χ3v) is 7.95. The summed E-state index contributed by atoms with van der Waals surface area (Å²) in [6.07, 6.45) is 0. The van der Waals surface area contributed by atoms with Gasteiger partial charge in [-0.3, -0.25) is 0 Å². The second-order valence-corrected chi connectivity index (χ2v) is 12.3. The van der Waals surface area contributed by atoms with Crippen LogP contribution < -0.4 is 4.57 Å². The molecule has 1 aromatic heterocycles. The van der Waals surface area contributed by atoms with Crippen molar-refractivity contribution in [1.29, 1.82) is 0 Å². The van der Waals surface area contributed by atoms with Gasteiger partial charge in [-0.25, -0.2) is 0 Å². The molecule has 3 heteroatoms. The molecule has 0 aliphatic heterocycles. The zero-order valence-corrected chi connectivity index (χ0v) is 33.9. The Morgan fingerprint density at radius 2 is 0.846 bits per heavy atom. The van der Waals surface area contributed by atoms with Crippen molar-refractivity contribution in [3.05, 3.63) is 261 Å². The molecule has 1 atom stereocenters. The van der Waals surface area contributed by atoms with Gasteiger partial charge in [0, 0.05) is 7.05 Å². The third kappa shape index (κ3) is 13.7.